The summed E-state index contributed by atoms with van der Waals surface area (Å²) in [5, 5.41) is 15.6. The Hall–Kier alpha value is -1.68. The highest BCUT2D eigenvalue weighted by atomic mass is 16.5. The summed E-state index contributed by atoms with van der Waals surface area (Å²) >= 11 is 0. The molecule has 0 saturated heterocycles. The lowest BCUT2D eigenvalue weighted by molar-refractivity contribution is 0.196. The van der Waals surface area contributed by atoms with Crippen molar-refractivity contribution in [1.82, 2.24) is 16.1 Å². The molecule has 4 heteroatoms. The van der Waals surface area contributed by atoms with E-state index in [1.807, 2.05) is 13.8 Å². The van der Waals surface area contributed by atoms with Crippen molar-refractivity contribution in [3.05, 3.63) is 48.0 Å². The predicted octanol–water partition coefficient (Wildman–Crippen LogP) is 4.77. The van der Waals surface area contributed by atoms with Crippen LogP contribution in [0.25, 0.3) is 0 Å². The number of rotatable bonds is 11. The second kappa shape index (κ2) is 14.9. The molecule has 0 unspecified atom stereocenters. The van der Waals surface area contributed by atoms with Gasteiger partial charge in [-0.1, -0.05) is 45.4 Å². The summed E-state index contributed by atoms with van der Waals surface area (Å²) in [6.07, 6.45) is 15.0. The van der Waals surface area contributed by atoms with Gasteiger partial charge in [0.05, 0.1) is 0 Å². The maximum atomic E-state index is 8.63. The van der Waals surface area contributed by atoms with E-state index in [1.165, 1.54) is 30.7 Å². The standard InChI is InChI=1S/C18H31N3O.C2H6/c1-15(2)20-18-11-8-10-17(12-13-18)19-14-7-5-4-6-9-16(3)21-22;1-2/h8,10-11,13,15,19-22H,3-7,9,12,14H2,1-2H3;1-2H3. The van der Waals surface area contributed by atoms with Crippen LogP contribution in [0.3, 0.4) is 0 Å². The van der Waals surface area contributed by atoms with Crippen molar-refractivity contribution < 1.29 is 5.21 Å². The molecule has 4 N–H and O–H groups in total. The highest BCUT2D eigenvalue weighted by Gasteiger charge is 2.01. The number of unbranched alkanes of at least 4 members (excludes halogenated alkanes) is 3. The smallest absolute Gasteiger partial charge is 0.0305 e. The van der Waals surface area contributed by atoms with Crippen LogP contribution < -0.4 is 16.1 Å². The Bertz CT molecular complexity index is 423. The Morgan fingerprint density at radius 3 is 2.58 bits per heavy atom. The molecule has 0 aromatic rings. The molecule has 0 aromatic carbocycles. The molecule has 138 valence electrons. The summed E-state index contributed by atoms with van der Waals surface area (Å²) in [5.41, 5.74) is 5.27. The van der Waals surface area contributed by atoms with Crippen molar-refractivity contribution in [2.24, 2.45) is 0 Å². The van der Waals surface area contributed by atoms with E-state index in [9.17, 15) is 0 Å². The van der Waals surface area contributed by atoms with Crippen LogP contribution in [0.15, 0.2) is 48.0 Å². The minimum absolute atomic E-state index is 0.461. The van der Waals surface area contributed by atoms with Gasteiger partial charge in [0.25, 0.3) is 0 Å². The molecule has 1 aliphatic rings. The lowest BCUT2D eigenvalue weighted by atomic mass is 10.1. The molecule has 0 spiro atoms. The molecule has 4 nitrogen and oxygen atoms in total. The third kappa shape index (κ3) is 11.8. The summed E-state index contributed by atoms with van der Waals surface area (Å²) in [6.45, 7) is 13.0. The molecule has 0 fully saturated rings. The van der Waals surface area contributed by atoms with E-state index in [2.05, 4.69) is 60.8 Å². The number of hydrogen-bond acceptors (Lipinski definition) is 4. The molecule has 0 radical (unpaired) electrons. The van der Waals surface area contributed by atoms with Crippen LogP contribution in [0.2, 0.25) is 0 Å². The molecule has 0 aromatic heterocycles. The van der Waals surface area contributed by atoms with Gasteiger partial charge in [0.2, 0.25) is 0 Å². The van der Waals surface area contributed by atoms with Crippen LogP contribution in [-0.4, -0.2) is 17.8 Å². The monoisotopic (exact) mass is 335 g/mol. The molecule has 0 saturated carbocycles. The summed E-state index contributed by atoms with van der Waals surface area (Å²) in [6, 6.07) is 0.461. The normalized spacial score (nSPS) is 13.2. The molecule has 1 aliphatic carbocycles. The van der Waals surface area contributed by atoms with Gasteiger partial charge in [0.1, 0.15) is 0 Å². The Kier molecular flexibility index (Phi) is 13.8. The van der Waals surface area contributed by atoms with Crippen molar-refractivity contribution >= 4 is 0 Å². The Labute approximate surface area is 148 Å². The van der Waals surface area contributed by atoms with Crippen LogP contribution in [0.1, 0.15) is 66.2 Å². The molecular weight excluding hydrogens is 298 g/mol. The highest BCUT2D eigenvalue weighted by Crippen LogP contribution is 2.10. The van der Waals surface area contributed by atoms with Gasteiger partial charge in [-0.05, 0) is 45.3 Å². The van der Waals surface area contributed by atoms with Gasteiger partial charge in [0.15, 0.2) is 0 Å². The van der Waals surface area contributed by atoms with E-state index in [4.69, 9.17) is 5.21 Å². The summed E-state index contributed by atoms with van der Waals surface area (Å²) in [7, 11) is 0. The fourth-order valence-corrected chi connectivity index (χ4v) is 2.32. The van der Waals surface area contributed by atoms with Gasteiger partial charge < -0.3 is 10.6 Å². The lowest BCUT2D eigenvalue weighted by Crippen LogP contribution is -2.20. The van der Waals surface area contributed by atoms with Crippen LogP contribution in [0, 0.1) is 0 Å². The molecule has 0 heterocycles. The van der Waals surface area contributed by atoms with Gasteiger partial charge in [0, 0.05) is 36.1 Å². The van der Waals surface area contributed by atoms with Crippen LogP contribution in [0.5, 0.6) is 0 Å². The molecule has 0 atom stereocenters. The zero-order chi connectivity index (χ0) is 18.2. The maximum Gasteiger partial charge on any atom is 0.0305 e. The molecule has 0 amide bonds. The summed E-state index contributed by atoms with van der Waals surface area (Å²) in [5.74, 6) is 0. The Morgan fingerprint density at radius 2 is 1.92 bits per heavy atom. The first-order valence-corrected chi connectivity index (χ1v) is 9.27. The highest BCUT2D eigenvalue weighted by molar-refractivity contribution is 5.28. The fraction of sp³-hybridized carbons (Fsp3) is 0.600. The molecule has 1 rings (SSSR count). The third-order valence-electron chi connectivity index (χ3n) is 3.49. The quantitative estimate of drug-likeness (QED) is 0.324. The third-order valence-corrected chi connectivity index (χ3v) is 3.49. The second-order valence-electron chi connectivity index (χ2n) is 6.02. The summed E-state index contributed by atoms with van der Waals surface area (Å²) in [4.78, 5) is 0. The van der Waals surface area contributed by atoms with E-state index in [1.54, 1.807) is 0 Å². The Balaban J connectivity index is 0.00000254. The summed E-state index contributed by atoms with van der Waals surface area (Å²) < 4.78 is 0. The largest absolute Gasteiger partial charge is 0.388 e. The molecule has 0 aliphatic heterocycles. The van der Waals surface area contributed by atoms with E-state index >= 15 is 0 Å². The number of allylic oxidation sites excluding steroid dienone is 5. The van der Waals surface area contributed by atoms with Gasteiger partial charge in [-0.2, -0.15) is 0 Å². The van der Waals surface area contributed by atoms with Gasteiger partial charge in [-0.25, -0.2) is 0 Å². The van der Waals surface area contributed by atoms with Crippen molar-refractivity contribution in [2.45, 2.75) is 72.3 Å². The van der Waals surface area contributed by atoms with E-state index in [0.29, 0.717) is 11.7 Å². The lowest BCUT2D eigenvalue weighted by Gasteiger charge is -2.11. The van der Waals surface area contributed by atoms with Gasteiger partial charge in [-0.15, -0.1) is 0 Å². The van der Waals surface area contributed by atoms with Crippen LogP contribution in [0.4, 0.5) is 0 Å². The first-order valence-electron chi connectivity index (χ1n) is 9.27. The van der Waals surface area contributed by atoms with Crippen LogP contribution >= 0.6 is 0 Å². The molecular formula is C20H37N3O. The van der Waals surface area contributed by atoms with Crippen molar-refractivity contribution in [1.29, 1.82) is 0 Å². The predicted molar refractivity (Wildman–Crippen MR) is 105 cm³/mol. The zero-order valence-corrected chi connectivity index (χ0v) is 16.0. The number of hydroxylamine groups is 1. The molecule has 24 heavy (non-hydrogen) atoms. The number of nitrogens with one attached hydrogen (secondary N) is 3. The van der Waals surface area contributed by atoms with Gasteiger partial charge in [-0.3, -0.25) is 10.7 Å². The SMILES string of the molecule is C=C(CCCCCCNC1=CC=CC(NC(C)C)=CC1)NO.CC. The zero-order valence-electron chi connectivity index (χ0n) is 16.0. The van der Waals surface area contributed by atoms with Gasteiger partial charge >= 0.3 is 0 Å². The average molecular weight is 336 g/mol. The molecule has 0 bridgehead atoms. The second-order valence-corrected chi connectivity index (χ2v) is 6.02. The topological polar surface area (TPSA) is 56.3 Å². The van der Waals surface area contributed by atoms with Crippen LogP contribution in [-0.2, 0) is 0 Å². The fourth-order valence-electron chi connectivity index (χ4n) is 2.32. The van der Waals surface area contributed by atoms with Crippen molar-refractivity contribution in [2.75, 3.05) is 6.54 Å². The Morgan fingerprint density at radius 1 is 1.21 bits per heavy atom. The maximum absolute atomic E-state index is 8.63. The van der Waals surface area contributed by atoms with Crippen molar-refractivity contribution in [3.8, 4) is 0 Å². The van der Waals surface area contributed by atoms with E-state index < -0.39 is 0 Å². The first kappa shape index (κ1) is 22.3. The average Bonchev–Trinajstić information content (AvgIpc) is 2.80. The minimum Gasteiger partial charge on any atom is -0.388 e. The van der Waals surface area contributed by atoms with E-state index in [-0.39, 0.29) is 0 Å². The number of hydrogen-bond donors (Lipinski definition) is 4. The first-order chi connectivity index (χ1) is 11.6. The van der Waals surface area contributed by atoms with E-state index in [0.717, 1.165) is 25.8 Å². The van der Waals surface area contributed by atoms with Crippen molar-refractivity contribution in [3.63, 3.8) is 0 Å². The minimum atomic E-state index is 0.461.